The summed E-state index contributed by atoms with van der Waals surface area (Å²) in [7, 11) is 1.35. The minimum Gasteiger partial charge on any atom is -0.465 e. The van der Waals surface area contributed by atoms with Crippen molar-refractivity contribution in [3.63, 3.8) is 0 Å². The first-order chi connectivity index (χ1) is 10.4. The Morgan fingerprint density at radius 2 is 2.14 bits per heavy atom. The molecule has 1 aliphatic heterocycles. The van der Waals surface area contributed by atoms with E-state index in [0.717, 1.165) is 13.0 Å². The third-order valence-corrected chi connectivity index (χ3v) is 3.84. The molecule has 1 amide bonds. The Morgan fingerprint density at radius 3 is 2.73 bits per heavy atom. The Bertz CT molecular complexity index is 572. The van der Waals surface area contributed by atoms with Crippen molar-refractivity contribution in [2.24, 2.45) is 5.92 Å². The molecule has 1 aliphatic rings. The number of rotatable bonds is 4. The number of pyridine rings is 1. The summed E-state index contributed by atoms with van der Waals surface area (Å²) >= 11 is 0. The lowest BCUT2D eigenvalue weighted by Crippen LogP contribution is -2.34. The van der Waals surface area contributed by atoms with Gasteiger partial charge in [0, 0.05) is 25.0 Å². The summed E-state index contributed by atoms with van der Waals surface area (Å²) in [5.41, 5.74) is 1.10. The highest BCUT2D eigenvalue weighted by molar-refractivity contribution is 5.90. The van der Waals surface area contributed by atoms with Crippen LogP contribution in [0, 0.1) is 12.8 Å². The Labute approximate surface area is 130 Å². The third-order valence-electron chi connectivity index (χ3n) is 3.84. The molecule has 6 nitrogen and oxygen atoms in total. The number of ether oxygens (including phenoxy) is 1. The second-order valence-corrected chi connectivity index (χ2v) is 5.89. The average Bonchev–Trinajstić information content (AvgIpc) is 2.94. The fourth-order valence-electron chi connectivity index (χ4n) is 2.62. The summed E-state index contributed by atoms with van der Waals surface area (Å²) in [5, 5.41) is 3.33. The molecule has 0 radical (unpaired) electrons. The minimum absolute atomic E-state index is 0.0264. The van der Waals surface area contributed by atoms with Gasteiger partial charge in [-0.1, -0.05) is 13.8 Å². The summed E-state index contributed by atoms with van der Waals surface area (Å²) in [5.74, 6) is 0.549. The van der Waals surface area contributed by atoms with Gasteiger partial charge < -0.3 is 15.0 Å². The third kappa shape index (κ3) is 3.55. The first-order valence-electron chi connectivity index (χ1n) is 7.53. The maximum atomic E-state index is 12.0. The van der Waals surface area contributed by atoms with Gasteiger partial charge in [-0.25, -0.2) is 9.78 Å². The van der Waals surface area contributed by atoms with Gasteiger partial charge in [0.1, 0.15) is 5.82 Å². The van der Waals surface area contributed by atoms with Gasteiger partial charge in [0.15, 0.2) is 0 Å². The number of aromatic nitrogens is 1. The maximum Gasteiger partial charge on any atom is 0.339 e. The molecule has 1 unspecified atom stereocenters. The summed E-state index contributed by atoms with van der Waals surface area (Å²) in [4.78, 5) is 29.8. The predicted octanol–water partition coefficient (Wildman–Crippen LogP) is 1.85. The van der Waals surface area contributed by atoms with E-state index in [4.69, 9.17) is 4.74 Å². The molecular formula is C16H23N3O3. The summed E-state index contributed by atoms with van der Waals surface area (Å²) in [6.07, 6.45) is 0.901. The van der Waals surface area contributed by atoms with Crippen LogP contribution in [0.3, 0.4) is 0 Å². The van der Waals surface area contributed by atoms with E-state index in [9.17, 15) is 9.59 Å². The topological polar surface area (TPSA) is 71.5 Å². The van der Waals surface area contributed by atoms with Crippen molar-refractivity contribution in [2.45, 2.75) is 33.2 Å². The monoisotopic (exact) mass is 305 g/mol. The number of hydrogen-bond donors (Lipinski definition) is 1. The largest absolute Gasteiger partial charge is 0.465 e. The molecule has 0 bridgehead atoms. The van der Waals surface area contributed by atoms with Gasteiger partial charge in [-0.05, 0) is 25.5 Å². The van der Waals surface area contributed by atoms with Crippen molar-refractivity contribution in [1.29, 1.82) is 0 Å². The molecule has 1 saturated heterocycles. The van der Waals surface area contributed by atoms with Gasteiger partial charge in [0.25, 0.3) is 0 Å². The number of amides is 1. The van der Waals surface area contributed by atoms with Crippen molar-refractivity contribution in [3.8, 4) is 0 Å². The molecule has 120 valence electrons. The molecule has 0 aromatic carbocycles. The van der Waals surface area contributed by atoms with E-state index in [-0.39, 0.29) is 23.8 Å². The van der Waals surface area contributed by atoms with E-state index in [1.807, 2.05) is 18.7 Å². The smallest absolute Gasteiger partial charge is 0.339 e. The lowest BCUT2D eigenvalue weighted by Gasteiger charge is -2.19. The molecule has 0 saturated carbocycles. The number of esters is 1. The number of aryl methyl sites for hydroxylation is 1. The van der Waals surface area contributed by atoms with Crippen LogP contribution in [0.15, 0.2) is 12.1 Å². The van der Waals surface area contributed by atoms with Crippen molar-refractivity contribution < 1.29 is 14.3 Å². The van der Waals surface area contributed by atoms with Crippen LogP contribution < -0.4 is 5.32 Å². The van der Waals surface area contributed by atoms with Crippen LogP contribution >= 0.6 is 0 Å². The highest BCUT2D eigenvalue weighted by Gasteiger charge is 2.27. The average molecular weight is 305 g/mol. The van der Waals surface area contributed by atoms with Gasteiger partial charge in [-0.2, -0.15) is 0 Å². The van der Waals surface area contributed by atoms with Crippen LogP contribution in [-0.2, 0) is 9.53 Å². The van der Waals surface area contributed by atoms with Crippen LogP contribution in [0.1, 0.15) is 36.3 Å². The van der Waals surface area contributed by atoms with Gasteiger partial charge >= 0.3 is 5.97 Å². The van der Waals surface area contributed by atoms with Crippen LogP contribution in [0.25, 0.3) is 0 Å². The zero-order valence-corrected chi connectivity index (χ0v) is 13.5. The minimum atomic E-state index is -0.383. The van der Waals surface area contributed by atoms with Crippen LogP contribution in [0.5, 0.6) is 0 Å². The van der Waals surface area contributed by atoms with Crippen LogP contribution in [0.2, 0.25) is 0 Å². The molecule has 2 heterocycles. The second-order valence-electron chi connectivity index (χ2n) is 5.89. The van der Waals surface area contributed by atoms with Crippen LogP contribution in [0.4, 0.5) is 5.82 Å². The van der Waals surface area contributed by atoms with E-state index in [0.29, 0.717) is 23.6 Å². The molecule has 6 heteroatoms. The number of nitrogens with one attached hydrogen (secondary N) is 1. The van der Waals surface area contributed by atoms with Crippen molar-refractivity contribution in [1.82, 2.24) is 9.88 Å². The Balaban J connectivity index is 1.99. The van der Waals surface area contributed by atoms with E-state index in [1.54, 1.807) is 19.1 Å². The van der Waals surface area contributed by atoms with Crippen molar-refractivity contribution in [2.75, 3.05) is 25.5 Å². The van der Waals surface area contributed by atoms with Gasteiger partial charge in [-0.3, -0.25) is 4.79 Å². The zero-order chi connectivity index (χ0) is 16.3. The molecule has 0 spiro atoms. The number of nitrogens with zero attached hydrogens (tertiary/aromatic N) is 2. The number of anilines is 1. The molecule has 0 aliphatic carbocycles. The molecule has 2 rings (SSSR count). The van der Waals surface area contributed by atoms with E-state index in [1.165, 1.54) is 7.11 Å². The number of methoxy groups -OCH3 is 1. The van der Waals surface area contributed by atoms with Gasteiger partial charge in [0.05, 0.1) is 18.4 Å². The normalized spacial score (nSPS) is 17.7. The molecular weight excluding hydrogens is 282 g/mol. The number of carbonyl (C=O) groups excluding carboxylic acids is 2. The van der Waals surface area contributed by atoms with Crippen LogP contribution in [-0.4, -0.2) is 48.0 Å². The lowest BCUT2D eigenvalue weighted by atomic mass is 10.2. The first-order valence-corrected chi connectivity index (χ1v) is 7.53. The Kier molecular flexibility index (Phi) is 5.00. The van der Waals surface area contributed by atoms with E-state index < -0.39 is 0 Å². The maximum absolute atomic E-state index is 12.0. The zero-order valence-electron chi connectivity index (χ0n) is 13.5. The molecule has 22 heavy (non-hydrogen) atoms. The fraction of sp³-hybridized carbons (Fsp3) is 0.562. The summed E-state index contributed by atoms with van der Waals surface area (Å²) in [6.45, 7) is 7.07. The molecule has 1 aromatic heterocycles. The standard InChI is InChI=1S/C16H23N3O3/c1-10(2)15(20)19-8-7-12(9-19)18-14-6-5-13(11(3)17-14)16(21)22-4/h5-6,10,12H,7-9H2,1-4H3,(H,17,18). The number of hydrogen-bond acceptors (Lipinski definition) is 5. The number of likely N-dealkylation sites (tertiary alicyclic amines) is 1. The van der Waals surface area contributed by atoms with Gasteiger partial charge in [-0.15, -0.1) is 0 Å². The van der Waals surface area contributed by atoms with Crippen molar-refractivity contribution >= 4 is 17.7 Å². The van der Waals surface area contributed by atoms with E-state index >= 15 is 0 Å². The predicted molar refractivity (Wildman–Crippen MR) is 83.8 cm³/mol. The van der Waals surface area contributed by atoms with Crippen molar-refractivity contribution in [3.05, 3.63) is 23.4 Å². The summed E-state index contributed by atoms with van der Waals surface area (Å²) < 4.78 is 4.71. The lowest BCUT2D eigenvalue weighted by molar-refractivity contribution is -0.133. The molecule has 1 aromatic rings. The fourth-order valence-corrected chi connectivity index (χ4v) is 2.62. The van der Waals surface area contributed by atoms with Gasteiger partial charge in [0.2, 0.25) is 5.91 Å². The van der Waals surface area contributed by atoms with E-state index in [2.05, 4.69) is 10.3 Å². The SMILES string of the molecule is COC(=O)c1ccc(NC2CCN(C(=O)C(C)C)C2)nc1C. The summed E-state index contributed by atoms with van der Waals surface area (Å²) in [6, 6.07) is 3.67. The highest BCUT2D eigenvalue weighted by atomic mass is 16.5. The highest BCUT2D eigenvalue weighted by Crippen LogP contribution is 2.18. The molecule has 1 fully saturated rings. The Morgan fingerprint density at radius 1 is 1.41 bits per heavy atom. The quantitative estimate of drug-likeness (QED) is 0.860. The Hall–Kier alpha value is -2.11. The molecule has 1 atom stereocenters. The number of carbonyl (C=O) groups is 2. The molecule has 1 N–H and O–H groups in total. The first kappa shape index (κ1) is 16.3. The second kappa shape index (κ2) is 6.77.